The van der Waals surface area contributed by atoms with Gasteiger partial charge in [0.25, 0.3) is 0 Å². The Kier molecular flexibility index (Phi) is 5.01. The van der Waals surface area contributed by atoms with Crippen LogP contribution in [0.5, 0.6) is 0 Å². The van der Waals surface area contributed by atoms with Crippen LogP contribution in [-0.2, 0) is 0 Å². The minimum absolute atomic E-state index is 0.152. The number of benzene rings is 3. The van der Waals surface area contributed by atoms with E-state index < -0.39 is 0 Å². The summed E-state index contributed by atoms with van der Waals surface area (Å²) in [6.07, 6.45) is 0. The molecule has 0 bridgehead atoms. The van der Waals surface area contributed by atoms with Crippen molar-refractivity contribution in [1.29, 1.82) is 0 Å². The Morgan fingerprint density at radius 1 is 0.481 bits per heavy atom. The molecule has 3 aromatic rings. The van der Waals surface area contributed by atoms with E-state index in [1.807, 2.05) is 0 Å². The maximum Gasteiger partial charge on any atom is 0.0373 e. The third-order valence-corrected chi connectivity index (χ3v) is 5.48. The molecule has 0 radical (unpaired) electrons. The van der Waals surface area contributed by atoms with Crippen LogP contribution in [0.2, 0.25) is 0 Å². The van der Waals surface area contributed by atoms with Crippen molar-refractivity contribution in [3.8, 4) is 0 Å². The molecule has 2 nitrogen and oxygen atoms in total. The summed E-state index contributed by atoms with van der Waals surface area (Å²) in [5.74, 6) is 0.152. The number of aryl methyl sites for hydroxylation is 6. The number of nitrogens with two attached hydrogens (primary N) is 2. The van der Waals surface area contributed by atoms with Crippen LogP contribution in [0.1, 0.15) is 56.0 Å². The highest BCUT2D eigenvalue weighted by Crippen LogP contribution is 2.37. The summed E-state index contributed by atoms with van der Waals surface area (Å²) in [7, 11) is 0. The van der Waals surface area contributed by atoms with Crippen molar-refractivity contribution in [2.24, 2.45) is 0 Å². The van der Waals surface area contributed by atoms with Crippen molar-refractivity contribution in [3.05, 3.63) is 92.5 Å². The predicted molar refractivity (Wildman–Crippen MR) is 118 cm³/mol. The van der Waals surface area contributed by atoms with Crippen LogP contribution in [0, 0.1) is 41.5 Å². The third-order valence-electron chi connectivity index (χ3n) is 5.48. The van der Waals surface area contributed by atoms with Gasteiger partial charge < -0.3 is 11.5 Å². The highest BCUT2D eigenvalue weighted by atomic mass is 14.6. The quantitative estimate of drug-likeness (QED) is 0.453. The Bertz CT molecular complexity index is 891. The molecule has 0 unspecified atom stereocenters. The number of hydrogen-bond donors (Lipinski definition) is 2. The van der Waals surface area contributed by atoms with Crippen LogP contribution in [0.25, 0.3) is 0 Å². The Morgan fingerprint density at radius 2 is 0.778 bits per heavy atom. The number of anilines is 2. The number of nitrogen functional groups attached to an aromatic ring is 2. The number of rotatable bonds is 3. The van der Waals surface area contributed by atoms with Gasteiger partial charge in [-0.15, -0.1) is 0 Å². The van der Waals surface area contributed by atoms with Crippen LogP contribution < -0.4 is 11.5 Å². The second-order valence-corrected chi connectivity index (χ2v) is 7.99. The fourth-order valence-electron chi connectivity index (χ4n) is 4.10. The Hall–Kier alpha value is -2.74. The van der Waals surface area contributed by atoms with Crippen LogP contribution in [0.15, 0.2) is 42.5 Å². The molecule has 0 aromatic heterocycles. The van der Waals surface area contributed by atoms with Gasteiger partial charge in [-0.1, -0.05) is 53.6 Å². The molecule has 0 spiro atoms. The molecule has 0 aliphatic carbocycles. The Morgan fingerprint density at radius 3 is 1.11 bits per heavy atom. The van der Waals surface area contributed by atoms with E-state index in [4.69, 9.17) is 11.5 Å². The van der Waals surface area contributed by atoms with Crippen molar-refractivity contribution >= 4 is 11.4 Å². The fraction of sp³-hybridized carbons (Fsp3) is 0.280. The summed E-state index contributed by atoms with van der Waals surface area (Å²) in [4.78, 5) is 0. The molecule has 0 atom stereocenters. The summed E-state index contributed by atoms with van der Waals surface area (Å²) in [6.45, 7) is 12.7. The first-order valence-electron chi connectivity index (χ1n) is 9.48. The zero-order valence-electron chi connectivity index (χ0n) is 17.3. The molecule has 0 saturated carbocycles. The highest BCUT2D eigenvalue weighted by Gasteiger charge is 2.20. The minimum Gasteiger partial charge on any atom is -0.398 e. The van der Waals surface area contributed by atoms with Gasteiger partial charge in [0, 0.05) is 17.3 Å². The first kappa shape index (κ1) is 19.0. The van der Waals surface area contributed by atoms with Crippen molar-refractivity contribution in [1.82, 2.24) is 0 Å². The molecule has 3 rings (SSSR count). The van der Waals surface area contributed by atoms with Crippen molar-refractivity contribution in [2.45, 2.75) is 47.5 Å². The third kappa shape index (κ3) is 3.71. The lowest BCUT2D eigenvalue weighted by molar-refractivity contribution is 0.960. The van der Waals surface area contributed by atoms with E-state index >= 15 is 0 Å². The van der Waals surface area contributed by atoms with Gasteiger partial charge in [0.1, 0.15) is 0 Å². The molecule has 140 valence electrons. The van der Waals surface area contributed by atoms with Gasteiger partial charge in [-0.05, 0) is 80.5 Å². The lowest BCUT2D eigenvalue weighted by Gasteiger charge is -2.23. The topological polar surface area (TPSA) is 52.0 Å². The zero-order chi connectivity index (χ0) is 19.9. The van der Waals surface area contributed by atoms with E-state index in [1.165, 1.54) is 27.8 Å². The van der Waals surface area contributed by atoms with Crippen LogP contribution in [0.3, 0.4) is 0 Å². The maximum absolute atomic E-state index is 6.23. The molecule has 0 aliphatic rings. The number of hydrogen-bond acceptors (Lipinski definition) is 2. The molecule has 0 aliphatic heterocycles. The Balaban J connectivity index is 2.30. The van der Waals surface area contributed by atoms with Crippen molar-refractivity contribution in [3.63, 3.8) is 0 Å². The van der Waals surface area contributed by atoms with E-state index in [0.717, 1.165) is 33.6 Å². The molecule has 0 amide bonds. The van der Waals surface area contributed by atoms with Crippen molar-refractivity contribution < 1.29 is 0 Å². The lowest BCUT2D eigenvalue weighted by Crippen LogP contribution is -2.08. The molecule has 0 heterocycles. The molecule has 4 N–H and O–H groups in total. The van der Waals surface area contributed by atoms with E-state index in [0.29, 0.717) is 0 Å². The van der Waals surface area contributed by atoms with Gasteiger partial charge in [0.2, 0.25) is 0 Å². The van der Waals surface area contributed by atoms with Crippen LogP contribution in [0.4, 0.5) is 11.4 Å². The highest BCUT2D eigenvalue weighted by molar-refractivity contribution is 5.60. The molecule has 3 aromatic carbocycles. The van der Waals surface area contributed by atoms with Gasteiger partial charge in [-0.25, -0.2) is 0 Å². The molecular weight excluding hydrogens is 328 g/mol. The van der Waals surface area contributed by atoms with Gasteiger partial charge in [-0.3, -0.25) is 0 Å². The minimum atomic E-state index is 0.152. The summed E-state index contributed by atoms with van der Waals surface area (Å²) in [5.41, 5.74) is 25.1. The monoisotopic (exact) mass is 358 g/mol. The van der Waals surface area contributed by atoms with E-state index in [9.17, 15) is 0 Å². The van der Waals surface area contributed by atoms with Crippen LogP contribution in [-0.4, -0.2) is 0 Å². The summed E-state index contributed by atoms with van der Waals surface area (Å²) >= 11 is 0. The SMILES string of the molecule is Cc1cc(C)cc(C(c2cc(C)c(N)c(C)c2)c2cc(C)c(N)c(C)c2)c1. The van der Waals surface area contributed by atoms with Crippen LogP contribution >= 0.6 is 0 Å². The predicted octanol–water partition coefficient (Wildman–Crippen LogP) is 5.88. The fourth-order valence-corrected chi connectivity index (χ4v) is 4.10. The summed E-state index contributed by atoms with van der Waals surface area (Å²) < 4.78 is 0. The molecule has 0 fully saturated rings. The standard InChI is InChI=1S/C25H30N2/c1-14-7-15(2)9-20(8-14)23(21-10-16(3)24(26)17(4)11-21)22-12-18(5)25(27)19(6)13-22/h7-13,23H,26-27H2,1-6H3. The van der Waals surface area contributed by atoms with Gasteiger partial charge >= 0.3 is 0 Å². The maximum atomic E-state index is 6.23. The second-order valence-electron chi connectivity index (χ2n) is 7.99. The first-order valence-corrected chi connectivity index (χ1v) is 9.48. The van der Waals surface area contributed by atoms with Gasteiger partial charge in [0.05, 0.1) is 0 Å². The first-order chi connectivity index (χ1) is 12.7. The van der Waals surface area contributed by atoms with Gasteiger partial charge in [0.15, 0.2) is 0 Å². The summed E-state index contributed by atoms with van der Waals surface area (Å²) in [6, 6.07) is 15.7. The molecule has 0 saturated heterocycles. The van der Waals surface area contributed by atoms with E-state index in [2.05, 4.69) is 84.0 Å². The zero-order valence-corrected chi connectivity index (χ0v) is 17.3. The molecule has 27 heavy (non-hydrogen) atoms. The second kappa shape index (κ2) is 7.11. The normalized spacial score (nSPS) is 11.2. The smallest absolute Gasteiger partial charge is 0.0373 e. The largest absolute Gasteiger partial charge is 0.398 e. The molecule has 2 heteroatoms. The lowest BCUT2D eigenvalue weighted by atomic mass is 9.81. The average molecular weight is 359 g/mol. The Labute approximate surface area is 163 Å². The van der Waals surface area contributed by atoms with Gasteiger partial charge in [-0.2, -0.15) is 0 Å². The van der Waals surface area contributed by atoms with E-state index in [-0.39, 0.29) is 5.92 Å². The summed E-state index contributed by atoms with van der Waals surface area (Å²) in [5, 5.41) is 0. The average Bonchev–Trinajstić information content (AvgIpc) is 2.56. The van der Waals surface area contributed by atoms with Crippen molar-refractivity contribution in [2.75, 3.05) is 11.5 Å². The molecular formula is C25H30N2. The van der Waals surface area contributed by atoms with E-state index in [1.54, 1.807) is 0 Å².